The number of unbranched alkanes of at least 4 members (excludes halogenated alkanes) is 1. The summed E-state index contributed by atoms with van der Waals surface area (Å²) in [5, 5.41) is 0. The minimum atomic E-state index is -0.535. The number of hydrogen-bond acceptors (Lipinski definition) is 5. The summed E-state index contributed by atoms with van der Waals surface area (Å²) >= 11 is 0. The number of benzene rings is 2. The third kappa shape index (κ3) is 7.06. The SMILES string of the molecule is CCCCOC(=O)c1cccc(-c2ccc(OCC(=O)OC(C)(C)C)cc2)c1. The van der Waals surface area contributed by atoms with Gasteiger partial charge in [0.15, 0.2) is 6.61 Å². The van der Waals surface area contributed by atoms with Gasteiger partial charge in [0, 0.05) is 0 Å². The monoisotopic (exact) mass is 384 g/mol. The Kier molecular flexibility index (Phi) is 7.61. The van der Waals surface area contributed by atoms with Crippen LogP contribution in [0.3, 0.4) is 0 Å². The van der Waals surface area contributed by atoms with Gasteiger partial charge >= 0.3 is 11.9 Å². The van der Waals surface area contributed by atoms with E-state index in [0.29, 0.717) is 17.9 Å². The molecular formula is C23H28O5. The predicted octanol–water partition coefficient (Wildman–Crippen LogP) is 5.03. The summed E-state index contributed by atoms with van der Waals surface area (Å²) in [6.45, 7) is 7.78. The fourth-order valence-corrected chi connectivity index (χ4v) is 2.48. The fourth-order valence-electron chi connectivity index (χ4n) is 2.48. The average molecular weight is 384 g/mol. The van der Waals surface area contributed by atoms with E-state index in [-0.39, 0.29) is 12.6 Å². The average Bonchev–Trinajstić information content (AvgIpc) is 2.66. The quantitative estimate of drug-likeness (QED) is 0.472. The summed E-state index contributed by atoms with van der Waals surface area (Å²) in [6.07, 6.45) is 1.84. The summed E-state index contributed by atoms with van der Waals surface area (Å²) in [7, 11) is 0. The van der Waals surface area contributed by atoms with Crippen LogP contribution in [0, 0.1) is 0 Å². The van der Waals surface area contributed by atoms with Gasteiger partial charge in [-0.3, -0.25) is 0 Å². The first-order chi connectivity index (χ1) is 13.3. The van der Waals surface area contributed by atoms with Crippen LogP contribution in [0.25, 0.3) is 11.1 Å². The first kappa shape index (κ1) is 21.5. The van der Waals surface area contributed by atoms with Crippen molar-refractivity contribution in [3.8, 4) is 16.9 Å². The second-order valence-corrected chi connectivity index (χ2v) is 7.47. The topological polar surface area (TPSA) is 61.8 Å². The Bertz CT molecular complexity index is 787. The molecule has 0 spiro atoms. The van der Waals surface area contributed by atoms with E-state index >= 15 is 0 Å². The number of esters is 2. The lowest BCUT2D eigenvalue weighted by Crippen LogP contribution is -2.27. The summed E-state index contributed by atoms with van der Waals surface area (Å²) in [5.74, 6) is -0.150. The molecule has 0 aliphatic rings. The molecule has 0 amide bonds. The Labute approximate surface area is 166 Å². The van der Waals surface area contributed by atoms with Gasteiger partial charge < -0.3 is 14.2 Å². The maximum absolute atomic E-state index is 12.1. The second-order valence-electron chi connectivity index (χ2n) is 7.47. The normalized spacial score (nSPS) is 11.0. The van der Waals surface area contributed by atoms with Crippen LogP contribution in [0.4, 0.5) is 0 Å². The summed E-state index contributed by atoms with van der Waals surface area (Å²) < 4.78 is 16.0. The molecule has 5 heteroatoms. The van der Waals surface area contributed by atoms with Crippen LogP contribution >= 0.6 is 0 Å². The molecule has 0 aliphatic carbocycles. The molecular weight excluding hydrogens is 356 g/mol. The molecule has 0 unspecified atom stereocenters. The molecule has 0 aliphatic heterocycles. The highest BCUT2D eigenvalue weighted by atomic mass is 16.6. The van der Waals surface area contributed by atoms with Crippen molar-refractivity contribution in [1.82, 2.24) is 0 Å². The van der Waals surface area contributed by atoms with Crippen LogP contribution in [0.15, 0.2) is 48.5 Å². The summed E-state index contributed by atoms with van der Waals surface area (Å²) in [4.78, 5) is 23.8. The number of hydrogen-bond donors (Lipinski definition) is 0. The van der Waals surface area contributed by atoms with Crippen molar-refractivity contribution in [3.05, 3.63) is 54.1 Å². The van der Waals surface area contributed by atoms with E-state index in [1.807, 2.05) is 51.1 Å². The molecule has 2 aromatic rings. The van der Waals surface area contributed by atoms with E-state index in [0.717, 1.165) is 24.0 Å². The first-order valence-corrected chi connectivity index (χ1v) is 9.51. The third-order valence-electron chi connectivity index (χ3n) is 3.79. The van der Waals surface area contributed by atoms with Crippen LogP contribution in [-0.2, 0) is 14.3 Å². The minimum absolute atomic E-state index is 0.143. The van der Waals surface area contributed by atoms with Crippen molar-refractivity contribution < 1.29 is 23.8 Å². The molecule has 150 valence electrons. The van der Waals surface area contributed by atoms with E-state index in [4.69, 9.17) is 14.2 Å². The molecule has 0 N–H and O–H groups in total. The number of carbonyl (C=O) groups is 2. The molecule has 0 fully saturated rings. The van der Waals surface area contributed by atoms with Gasteiger partial charge in [-0.1, -0.05) is 37.6 Å². The molecule has 2 rings (SSSR count). The van der Waals surface area contributed by atoms with Gasteiger partial charge in [-0.2, -0.15) is 0 Å². The van der Waals surface area contributed by atoms with Crippen molar-refractivity contribution in [2.45, 2.75) is 46.1 Å². The van der Waals surface area contributed by atoms with Crippen LogP contribution in [-0.4, -0.2) is 30.8 Å². The van der Waals surface area contributed by atoms with Crippen LogP contribution in [0.2, 0.25) is 0 Å². The maximum atomic E-state index is 12.1. The first-order valence-electron chi connectivity index (χ1n) is 9.51. The highest BCUT2D eigenvalue weighted by Gasteiger charge is 2.16. The Balaban J connectivity index is 1.98. The van der Waals surface area contributed by atoms with Gasteiger partial charge in [-0.25, -0.2) is 9.59 Å². The van der Waals surface area contributed by atoms with E-state index < -0.39 is 11.6 Å². The van der Waals surface area contributed by atoms with Crippen molar-refractivity contribution in [2.24, 2.45) is 0 Å². The Morgan fingerprint density at radius 1 is 0.964 bits per heavy atom. The van der Waals surface area contributed by atoms with E-state index in [1.54, 1.807) is 18.2 Å². The molecule has 5 nitrogen and oxygen atoms in total. The van der Waals surface area contributed by atoms with E-state index in [1.165, 1.54) is 0 Å². The van der Waals surface area contributed by atoms with E-state index in [2.05, 4.69) is 6.92 Å². The van der Waals surface area contributed by atoms with Gasteiger partial charge in [0.25, 0.3) is 0 Å². The number of rotatable bonds is 8. The lowest BCUT2D eigenvalue weighted by atomic mass is 10.0. The fraction of sp³-hybridized carbons (Fsp3) is 0.391. The second kappa shape index (κ2) is 9.93. The van der Waals surface area contributed by atoms with Gasteiger partial charge in [0.1, 0.15) is 11.4 Å². The lowest BCUT2D eigenvalue weighted by Gasteiger charge is -2.19. The van der Waals surface area contributed by atoms with Crippen LogP contribution < -0.4 is 4.74 Å². The van der Waals surface area contributed by atoms with Gasteiger partial charge in [-0.15, -0.1) is 0 Å². The Morgan fingerprint density at radius 2 is 1.68 bits per heavy atom. The van der Waals surface area contributed by atoms with Crippen LogP contribution in [0.1, 0.15) is 50.9 Å². The van der Waals surface area contributed by atoms with Crippen molar-refractivity contribution in [3.63, 3.8) is 0 Å². The Hall–Kier alpha value is -2.82. The summed E-state index contributed by atoms with van der Waals surface area (Å²) in [5.41, 5.74) is 1.84. The van der Waals surface area contributed by atoms with Crippen molar-refractivity contribution in [2.75, 3.05) is 13.2 Å². The highest BCUT2D eigenvalue weighted by Crippen LogP contribution is 2.24. The maximum Gasteiger partial charge on any atom is 0.344 e. The molecule has 0 radical (unpaired) electrons. The molecule has 28 heavy (non-hydrogen) atoms. The zero-order valence-electron chi connectivity index (χ0n) is 17.0. The van der Waals surface area contributed by atoms with Gasteiger partial charge in [-0.05, 0) is 62.6 Å². The van der Waals surface area contributed by atoms with Gasteiger partial charge in [0.05, 0.1) is 12.2 Å². The Morgan fingerprint density at radius 3 is 2.32 bits per heavy atom. The zero-order chi connectivity index (χ0) is 20.6. The predicted molar refractivity (Wildman–Crippen MR) is 108 cm³/mol. The molecule has 0 atom stereocenters. The highest BCUT2D eigenvalue weighted by molar-refractivity contribution is 5.91. The number of carbonyl (C=O) groups excluding carboxylic acids is 2. The molecule has 0 bridgehead atoms. The molecule has 0 saturated heterocycles. The van der Waals surface area contributed by atoms with Crippen molar-refractivity contribution in [1.29, 1.82) is 0 Å². The lowest BCUT2D eigenvalue weighted by molar-refractivity contribution is -0.157. The molecule has 2 aromatic carbocycles. The van der Waals surface area contributed by atoms with Crippen LogP contribution in [0.5, 0.6) is 5.75 Å². The summed E-state index contributed by atoms with van der Waals surface area (Å²) in [6, 6.07) is 14.6. The largest absolute Gasteiger partial charge is 0.482 e. The third-order valence-corrected chi connectivity index (χ3v) is 3.79. The standard InChI is InChI=1S/C23H28O5/c1-5-6-14-26-22(25)19-9-7-8-18(15-19)17-10-12-20(13-11-17)27-16-21(24)28-23(2,3)4/h7-13,15H,5-6,14,16H2,1-4H3. The zero-order valence-corrected chi connectivity index (χ0v) is 17.0. The minimum Gasteiger partial charge on any atom is -0.482 e. The number of ether oxygens (including phenoxy) is 3. The molecule has 0 heterocycles. The van der Waals surface area contributed by atoms with E-state index in [9.17, 15) is 9.59 Å². The molecule has 0 aromatic heterocycles. The molecule has 0 saturated carbocycles. The van der Waals surface area contributed by atoms with Gasteiger partial charge in [0.2, 0.25) is 0 Å². The van der Waals surface area contributed by atoms with Crippen molar-refractivity contribution >= 4 is 11.9 Å². The smallest absolute Gasteiger partial charge is 0.344 e.